The van der Waals surface area contributed by atoms with Gasteiger partial charge in [-0.2, -0.15) is 0 Å². The third-order valence-electron chi connectivity index (χ3n) is 4.12. The molecular weight excluding hydrogens is 482 g/mol. The zero-order valence-corrected chi connectivity index (χ0v) is 18.7. The lowest BCUT2D eigenvalue weighted by Gasteiger charge is -2.49. The Morgan fingerprint density at radius 2 is 2.22 bits per heavy atom. The van der Waals surface area contributed by atoms with Crippen molar-refractivity contribution in [1.82, 2.24) is 15.2 Å². The van der Waals surface area contributed by atoms with Gasteiger partial charge in [0.25, 0.3) is 11.8 Å². The van der Waals surface area contributed by atoms with Gasteiger partial charge in [0.1, 0.15) is 22.8 Å². The van der Waals surface area contributed by atoms with Crippen LogP contribution in [-0.4, -0.2) is 79.1 Å². The normalized spacial score (nSPS) is 20.3. The predicted molar refractivity (Wildman–Crippen MR) is 119 cm³/mol. The number of β-lactam (4-membered cyclic amide) rings is 1. The minimum atomic E-state index is -1.30. The van der Waals surface area contributed by atoms with Gasteiger partial charge in [0.05, 0.1) is 0 Å². The molecule has 12 nitrogen and oxygen atoms in total. The van der Waals surface area contributed by atoms with E-state index in [2.05, 4.69) is 26.9 Å². The molecule has 2 aliphatic rings. The van der Waals surface area contributed by atoms with Crippen LogP contribution >= 0.6 is 34.9 Å². The quantitative estimate of drug-likeness (QED) is 0.149. The number of amides is 2. The predicted octanol–water partition coefficient (Wildman–Crippen LogP) is 0.146. The Morgan fingerprint density at radius 3 is 2.81 bits per heavy atom. The van der Waals surface area contributed by atoms with Crippen molar-refractivity contribution in [1.29, 1.82) is 0 Å². The summed E-state index contributed by atoms with van der Waals surface area (Å²) < 4.78 is 0. The summed E-state index contributed by atoms with van der Waals surface area (Å²) in [5, 5.41) is 25.3. The lowest BCUT2D eigenvalue weighted by Crippen LogP contribution is -2.71. The van der Waals surface area contributed by atoms with Crippen molar-refractivity contribution in [3.63, 3.8) is 0 Å². The monoisotopic (exact) mass is 499 g/mol. The number of carbonyl (C=O) groups excluding carboxylic acids is 2. The molecule has 15 heteroatoms. The lowest BCUT2D eigenvalue weighted by atomic mass is 10.0. The molecule has 0 radical (unpaired) electrons. The van der Waals surface area contributed by atoms with Crippen molar-refractivity contribution in [3.05, 3.63) is 34.3 Å². The van der Waals surface area contributed by atoms with Crippen LogP contribution in [0.3, 0.4) is 0 Å². The number of carboxylic acids is 2. The molecule has 1 aromatic rings. The molecule has 0 spiro atoms. The molecule has 3 heterocycles. The number of thioether (sulfide) groups is 2. The maximum Gasteiger partial charge on any atom is 0.353 e. The van der Waals surface area contributed by atoms with Crippen LogP contribution < -0.4 is 11.1 Å². The standard InChI is InChI=1S/C17H17N5O7S3/c1-2-3-30-8-6-31-15-11(14(26)22(15)12(8)16(27)28)20-13(25)10(21-29-4-9(23)24)7-5-32-17(18)19-7/h2,5,11,15H,1,3-4,6H2,(H2,18,19)(H,20,25)(H,23,24)(H,27,28)/b21-10-/t11-,15+/m1/s1. The highest BCUT2D eigenvalue weighted by Gasteiger charge is 2.54. The van der Waals surface area contributed by atoms with Crippen LogP contribution in [0.4, 0.5) is 5.13 Å². The average Bonchev–Trinajstić information content (AvgIpc) is 3.17. The fraction of sp³-hybridized carbons (Fsp3) is 0.294. The lowest BCUT2D eigenvalue weighted by molar-refractivity contribution is -0.150. The summed E-state index contributed by atoms with van der Waals surface area (Å²) in [5.41, 5.74) is 5.16. The third kappa shape index (κ3) is 4.89. The van der Waals surface area contributed by atoms with E-state index in [4.69, 9.17) is 10.8 Å². The first-order chi connectivity index (χ1) is 15.2. The minimum Gasteiger partial charge on any atom is -0.479 e. The van der Waals surface area contributed by atoms with Crippen molar-refractivity contribution in [2.45, 2.75) is 11.4 Å². The largest absolute Gasteiger partial charge is 0.479 e. The molecule has 2 aliphatic heterocycles. The number of hydrogen-bond donors (Lipinski definition) is 4. The Labute approximate surface area is 193 Å². The number of carbonyl (C=O) groups is 4. The first-order valence-corrected chi connectivity index (χ1v) is 11.7. The Balaban J connectivity index is 1.78. The van der Waals surface area contributed by atoms with Gasteiger partial charge in [-0.3, -0.25) is 14.5 Å². The zero-order chi connectivity index (χ0) is 23.4. The maximum absolute atomic E-state index is 12.8. The molecule has 1 fully saturated rings. The summed E-state index contributed by atoms with van der Waals surface area (Å²) in [6.07, 6.45) is 1.63. The topological polar surface area (TPSA) is 185 Å². The molecule has 1 aromatic heterocycles. The van der Waals surface area contributed by atoms with E-state index in [1.807, 2.05) is 0 Å². The zero-order valence-electron chi connectivity index (χ0n) is 16.2. The molecule has 0 bridgehead atoms. The van der Waals surface area contributed by atoms with Gasteiger partial charge in [-0.1, -0.05) is 11.2 Å². The molecule has 0 unspecified atom stereocenters. The molecule has 2 amide bonds. The van der Waals surface area contributed by atoms with Crippen molar-refractivity contribution < 1.29 is 34.2 Å². The molecule has 1 saturated heterocycles. The van der Waals surface area contributed by atoms with Gasteiger partial charge in [-0.05, 0) is 0 Å². The smallest absolute Gasteiger partial charge is 0.353 e. The first kappa shape index (κ1) is 23.6. The third-order valence-corrected chi connectivity index (χ3v) is 7.35. The number of aromatic nitrogens is 1. The maximum atomic E-state index is 12.8. The highest BCUT2D eigenvalue weighted by atomic mass is 32.2. The molecule has 3 rings (SSSR count). The molecule has 32 heavy (non-hydrogen) atoms. The Morgan fingerprint density at radius 1 is 1.47 bits per heavy atom. The number of nitrogen functional groups attached to an aromatic ring is 1. The number of aliphatic carboxylic acids is 2. The van der Waals surface area contributed by atoms with E-state index >= 15 is 0 Å². The minimum absolute atomic E-state index is 0.0459. The van der Waals surface area contributed by atoms with Crippen LogP contribution in [0, 0.1) is 0 Å². The summed E-state index contributed by atoms with van der Waals surface area (Å²) in [7, 11) is 0. The van der Waals surface area contributed by atoms with E-state index in [0.29, 0.717) is 16.4 Å². The molecule has 2 atom stereocenters. The van der Waals surface area contributed by atoms with E-state index in [1.54, 1.807) is 6.08 Å². The number of hydrogen-bond acceptors (Lipinski definition) is 11. The highest BCUT2D eigenvalue weighted by molar-refractivity contribution is 8.06. The molecule has 0 aromatic carbocycles. The number of fused-ring (bicyclic) bond motifs is 1. The van der Waals surface area contributed by atoms with Crippen LogP contribution in [0.15, 0.2) is 33.8 Å². The molecule has 0 saturated carbocycles. The van der Waals surface area contributed by atoms with Gasteiger partial charge in [-0.15, -0.1) is 41.4 Å². The number of rotatable bonds is 10. The number of anilines is 1. The Bertz CT molecular complexity index is 1040. The number of carboxylic acid groups (broad SMARTS) is 2. The van der Waals surface area contributed by atoms with Crippen molar-refractivity contribution in [3.8, 4) is 0 Å². The van der Waals surface area contributed by atoms with Crippen molar-refractivity contribution in [2.24, 2.45) is 5.16 Å². The van der Waals surface area contributed by atoms with E-state index in [9.17, 15) is 24.3 Å². The summed E-state index contributed by atoms with van der Waals surface area (Å²) in [5.74, 6) is -3.12. The summed E-state index contributed by atoms with van der Waals surface area (Å²) in [4.78, 5) is 58.2. The fourth-order valence-corrected chi connectivity index (χ4v) is 5.74. The van der Waals surface area contributed by atoms with Crippen LogP contribution in [0.1, 0.15) is 5.69 Å². The fourth-order valence-electron chi connectivity index (χ4n) is 2.82. The van der Waals surface area contributed by atoms with Gasteiger partial charge in [0, 0.05) is 21.8 Å². The van der Waals surface area contributed by atoms with Gasteiger partial charge < -0.3 is 26.1 Å². The second-order valence-corrected chi connectivity index (χ2v) is 9.33. The van der Waals surface area contributed by atoms with Crippen molar-refractivity contribution >= 4 is 69.5 Å². The summed E-state index contributed by atoms with van der Waals surface area (Å²) in [6, 6.07) is -1.01. The highest BCUT2D eigenvalue weighted by Crippen LogP contribution is 2.43. The SMILES string of the molecule is C=CCSC1=C(C(=O)O)N2C(=O)[C@@H](NC(=O)/C(=N\OCC(=O)O)c3csc(N)n3)[C@@H]2SC1. The van der Waals surface area contributed by atoms with Crippen LogP contribution in [-0.2, 0) is 24.0 Å². The Hall–Kier alpha value is -3.04. The second-order valence-electron chi connectivity index (χ2n) is 6.22. The summed E-state index contributed by atoms with van der Waals surface area (Å²) in [6.45, 7) is 2.82. The van der Waals surface area contributed by atoms with E-state index in [0.717, 1.165) is 16.2 Å². The average molecular weight is 500 g/mol. The number of nitrogens with zero attached hydrogens (tertiary/aromatic N) is 3. The summed E-state index contributed by atoms with van der Waals surface area (Å²) >= 11 is 3.63. The van der Waals surface area contributed by atoms with Crippen LogP contribution in [0.25, 0.3) is 0 Å². The van der Waals surface area contributed by atoms with Gasteiger partial charge in [0.15, 0.2) is 10.8 Å². The molecular formula is C17H17N5O7S3. The Kier molecular flexibility index (Phi) is 7.42. The number of nitrogens with one attached hydrogen (secondary N) is 1. The van der Waals surface area contributed by atoms with Gasteiger partial charge in [0.2, 0.25) is 6.61 Å². The van der Waals surface area contributed by atoms with E-state index in [-0.39, 0.29) is 22.2 Å². The number of nitrogens with two attached hydrogens (primary N) is 1. The van der Waals surface area contributed by atoms with Crippen molar-refractivity contribution in [2.75, 3.05) is 23.8 Å². The first-order valence-electron chi connectivity index (χ1n) is 8.83. The molecule has 170 valence electrons. The molecule has 5 N–H and O–H groups in total. The van der Waals surface area contributed by atoms with E-state index < -0.39 is 41.8 Å². The second kappa shape index (κ2) is 10.1. The van der Waals surface area contributed by atoms with Gasteiger partial charge >= 0.3 is 11.9 Å². The molecule has 0 aliphatic carbocycles. The van der Waals surface area contributed by atoms with E-state index in [1.165, 1.54) is 28.9 Å². The number of oxime groups is 1. The van der Waals surface area contributed by atoms with Crippen LogP contribution in [0.2, 0.25) is 0 Å². The number of thiazole rings is 1. The van der Waals surface area contributed by atoms with Gasteiger partial charge in [-0.25, -0.2) is 14.6 Å². The van der Waals surface area contributed by atoms with Crippen LogP contribution in [0.5, 0.6) is 0 Å².